The van der Waals surface area contributed by atoms with Crippen LogP contribution < -0.4 is 9.47 Å². The zero-order valence-electron chi connectivity index (χ0n) is 16.8. The molecule has 0 saturated heterocycles. The van der Waals surface area contributed by atoms with Crippen molar-refractivity contribution < 1.29 is 32.5 Å². The second-order valence-electron chi connectivity index (χ2n) is 6.45. The van der Waals surface area contributed by atoms with Gasteiger partial charge in [-0.1, -0.05) is 24.3 Å². The Kier molecular flexibility index (Phi) is 6.79. The maximum atomic E-state index is 12.9. The quantitative estimate of drug-likeness (QED) is 0.497. The molecule has 158 valence electrons. The summed E-state index contributed by atoms with van der Waals surface area (Å²) < 4.78 is 45.1. The van der Waals surface area contributed by atoms with Gasteiger partial charge in [-0.05, 0) is 36.2 Å². The third-order valence-corrected chi connectivity index (χ3v) is 4.53. The van der Waals surface area contributed by atoms with Crippen molar-refractivity contribution in [2.45, 2.75) is 26.7 Å². The fraction of sp³-hybridized carbons (Fsp3) is 0.273. The molecule has 0 aliphatic carbocycles. The Labute approximate surface area is 172 Å². The Morgan fingerprint density at radius 1 is 1.07 bits per heavy atom. The van der Waals surface area contributed by atoms with Gasteiger partial charge in [0.15, 0.2) is 11.5 Å². The van der Waals surface area contributed by atoms with Crippen LogP contribution in [0.4, 0.5) is 8.78 Å². The number of carbonyl (C=O) groups excluding carboxylic acids is 1. The fourth-order valence-electron chi connectivity index (χ4n) is 3.17. The number of hydrogen-bond acceptors (Lipinski definition) is 6. The number of carbonyl (C=O) groups is 1. The minimum absolute atomic E-state index is 0.0805. The van der Waals surface area contributed by atoms with E-state index >= 15 is 0 Å². The summed E-state index contributed by atoms with van der Waals surface area (Å²) in [5.74, 6) is -0.531. The average Bonchev–Trinajstić information content (AvgIpc) is 2.73. The number of rotatable bonds is 8. The molecular weight excluding hydrogens is 396 g/mol. The van der Waals surface area contributed by atoms with Crippen molar-refractivity contribution in [2.24, 2.45) is 0 Å². The van der Waals surface area contributed by atoms with Crippen LogP contribution in [0.2, 0.25) is 0 Å². The second-order valence-corrected chi connectivity index (χ2v) is 6.45. The molecule has 0 fully saturated rings. The molecule has 1 aromatic heterocycles. The number of nitrogens with zero attached hydrogens (tertiary/aromatic N) is 1. The van der Waals surface area contributed by atoms with Gasteiger partial charge in [-0.25, -0.2) is 9.78 Å². The molecule has 8 heteroatoms. The summed E-state index contributed by atoms with van der Waals surface area (Å²) in [5.41, 5.74) is 2.90. The summed E-state index contributed by atoms with van der Waals surface area (Å²) in [4.78, 5) is 17.4. The summed E-state index contributed by atoms with van der Waals surface area (Å²) in [7, 11) is 2.86. The second kappa shape index (κ2) is 9.49. The number of halogens is 2. The van der Waals surface area contributed by atoms with E-state index in [0.717, 1.165) is 16.5 Å². The highest BCUT2D eigenvalue weighted by molar-refractivity contribution is 5.98. The SMILES string of the molecule is COCc1nc2ccccc2c(C)c1C(=O)OCc1ccc(OC(F)F)c(OC)c1. The van der Waals surface area contributed by atoms with Gasteiger partial charge in [0.05, 0.1) is 30.5 Å². The van der Waals surface area contributed by atoms with Gasteiger partial charge >= 0.3 is 12.6 Å². The van der Waals surface area contributed by atoms with Crippen molar-refractivity contribution >= 4 is 16.9 Å². The highest BCUT2D eigenvalue weighted by atomic mass is 19.3. The molecule has 0 unspecified atom stereocenters. The van der Waals surface area contributed by atoms with Crippen molar-refractivity contribution in [3.8, 4) is 11.5 Å². The molecule has 6 nitrogen and oxygen atoms in total. The van der Waals surface area contributed by atoms with Crippen LogP contribution in [0.1, 0.15) is 27.2 Å². The van der Waals surface area contributed by atoms with Gasteiger partial charge in [0.25, 0.3) is 0 Å². The molecule has 3 rings (SSSR count). The molecule has 0 aliphatic heterocycles. The Balaban J connectivity index is 1.85. The number of ether oxygens (including phenoxy) is 4. The van der Waals surface area contributed by atoms with Gasteiger partial charge in [0.1, 0.15) is 6.61 Å². The number of aryl methyl sites for hydroxylation is 1. The largest absolute Gasteiger partial charge is 0.493 e. The number of pyridine rings is 1. The minimum Gasteiger partial charge on any atom is -0.493 e. The average molecular weight is 417 g/mol. The van der Waals surface area contributed by atoms with Gasteiger partial charge in [-0.3, -0.25) is 0 Å². The molecular formula is C22H21F2NO5. The third-order valence-electron chi connectivity index (χ3n) is 4.53. The van der Waals surface area contributed by atoms with Crippen LogP contribution >= 0.6 is 0 Å². The summed E-state index contributed by atoms with van der Waals surface area (Å²) in [6, 6.07) is 11.8. The Bertz CT molecular complexity index is 1060. The number of para-hydroxylation sites is 1. The molecule has 0 radical (unpaired) electrons. The first-order valence-corrected chi connectivity index (χ1v) is 9.10. The van der Waals surface area contributed by atoms with Crippen LogP contribution in [-0.2, 0) is 22.7 Å². The number of aromatic nitrogens is 1. The van der Waals surface area contributed by atoms with Crippen LogP contribution in [0.25, 0.3) is 10.9 Å². The molecule has 0 atom stereocenters. The first-order valence-electron chi connectivity index (χ1n) is 9.10. The lowest BCUT2D eigenvalue weighted by molar-refractivity contribution is -0.0512. The zero-order valence-corrected chi connectivity index (χ0v) is 16.8. The van der Waals surface area contributed by atoms with Gasteiger partial charge in [0, 0.05) is 12.5 Å². The smallest absolute Gasteiger partial charge is 0.387 e. The van der Waals surface area contributed by atoms with E-state index in [1.54, 1.807) is 0 Å². The summed E-state index contributed by atoms with van der Waals surface area (Å²) in [5, 5.41) is 0.847. The summed E-state index contributed by atoms with van der Waals surface area (Å²) >= 11 is 0. The third kappa shape index (κ3) is 4.65. The number of methoxy groups -OCH3 is 2. The summed E-state index contributed by atoms with van der Waals surface area (Å²) in [6.45, 7) is -1.06. The maximum Gasteiger partial charge on any atom is 0.387 e. The van der Waals surface area contributed by atoms with Gasteiger partial charge in [-0.2, -0.15) is 8.78 Å². The number of fused-ring (bicyclic) bond motifs is 1. The topological polar surface area (TPSA) is 66.9 Å². The van der Waals surface area contributed by atoms with E-state index in [0.29, 0.717) is 16.8 Å². The van der Waals surface area contributed by atoms with E-state index in [1.807, 2.05) is 31.2 Å². The predicted molar refractivity (Wildman–Crippen MR) is 106 cm³/mol. The maximum absolute atomic E-state index is 12.9. The van der Waals surface area contributed by atoms with Crippen LogP contribution in [0.15, 0.2) is 42.5 Å². The Hall–Kier alpha value is -3.26. The highest BCUT2D eigenvalue weighted by Crippen LogP contribution is 2.30. The molecule has 3 aromatic rings. The molecule has 0 bridgehead atoms. The van der Waals surface area contributed by atoms with E-state index in [2.05, 4.69) is 9.72 Å². The van der Waals surface area contributed by atoms with E-state index < -0.39 is 12.6 Å². The molecule has 0 spiro atoms. The minimum atomic E-state index is -2.97. The normalized spacial score (nSPS) is 11.0. The van der Waals surface area contributed by atoms with Crippen molar-refractivity contribution in [3.05, 3.63) is 64.8 Å². The lowest BCUT2D eigenvalue weighted by atomic mass is 10.0. The van der Waals surface area contributed by atoms with Crippen LogP contribution in [-0.4, -0.2) is 31.8 Å². The number of alkyl halides is 2. The van der Waals surface area contributed by atoms with E-state index in [4.69, 9.17) is 14.2 Å². The van der Waals surface area contributed by atoms with E-state index in [-0.39, 0.29) is 24.7 Å². The van der Waals surface area contributed by atoms with Crippen LogP contribution in [0, 0.1) is 6.92 Å². The van der Waals surface area contributed by atoms with E-state index in [1.165, 1.54) is 32.4 Å². The van der Waals surface area contributed by atoms with Crippen LogP contribution in [0.3, 0.4) is 0 Å². The summed E-state index contributed by atoms with van der Waals surface area (Å²) in [6.07, 6.45) is 0. The molecule has 2 aromatic carbocycles. The van der Waals surface area contributed by atoms with Crippen molar-refractivity contribution in [1.82, 2.24) is 4.98 Å². The lowest BCUT2D eigenvalue weighted by Crippen LogP contribution is -2.13. The molecule has 1 heterocycles. The monoisotopic (exact) mass is 417 g/mol. The van der Waals surface area contributed by atoms with Crippen molar-refractivity contribution in [1.29, 1.82) is 0 Å². The van der Waals surface area contributed by atoms with Gasteiger partial charge < -0.3 is 18.9 Å². The van der Waals surface area contributed by atoms with E-state index in [9.17, 15) is 13.6 Å². The molecule has 0 aliphatic rings. The highest BCUT2D eigenvalue weighted by Gasteiger charge is 2.20. The first kappa shape index (κ1) is 21.4. The number of hydrogen-bond donors (Lipinski definition) is 0. The number of esters is 1. The van der Waals surface area contributed by atoms with Gasteiger partial charge in [0.2, 0.25) is 0 Å². The molecule has 0 amide bonds. The van der Waals surface area contributed by atoms with Crippen molar-refractivity contribution in [3.63, 3.8) is 0 Å². The zero-order chi connectivity index (χ0) is 21.7. The molecule has 30 heavy (non-hydrogen) atoms. The van der Waals surface area contributed by atoms with Crippen LogP contribution in [0.5, 0.6) is 11.5 Å². The molecule has 0 saturated carbocycles. The fourth-order valence-corrected chi connectivity index (χ4v) is 3.17. The molecule has 0 N–H and O–H groups in total. The standard InChI is InChI=1S/C22H21F2NO5/c1-13-15-6-4-5-7-16(15)25-17(12-27-2)20(13)21(26)29-11-14-8-9-18(30-22(23)24)19(10-14)28-3/h4-10,22H,11-12H2,1-3H3. The predicted octanol–water partition coefficient (Wildman–Crippen LogP) is 4.66. The first-order chi connectivity index (χ1) is 14.4. The lowest BCUT2D eigenvalue weighted by Gasteiger charge is -2.15. The van der Waals surface area contributed by atoms with Crippen molar-refractivity contribution in [2.75, 3.05) is 14.2 Å². The van der Waals surface area contributed by atoms with Gasteiger partial charge in [-0.15, -0.1) is 0 Å². The Morgan fingerprint density at radius 3 is 2.53 bits per heavy atom. The number of benzene rings is 2. The Morgan fingerprint density at radius 2 is 1.83 bits per heavy atom.